The maximum absolute atomic E-state index is 12.0. The molecule has 2 heterocycles. The summed E-state index contributed by atoms with van der Waals surface area (Å²) >= 11 is 0. The van der Waals surface area contributed by atoms with Gasteiger partial charge in [-0.05, 0) is 44.9 Å². The number of esters is 1. The number of imidazole rings is 1. The van der Waals surface area contributed by atoms with Crippen molar-refractivity contribution in [3.63, 3.8) is 0 Å². The molecule has 0 amide bonds. The molecule has 0 aliphatic carbocycles. The lowest BCUT2D eigenvalue weighted by atomic mass is 10.2. The zero-order valence-electron chi connectivity index (χ0n) is 20.7. The molecule has 0 aliphatic rings. The number of nitrogens with one attached hydrogen (secondary N) is 1. The minimum Gasteiger partial charge on any atom is -0.444 e. The van der Waals surface area contributed by atoms with E-state index >= 15 is 0 Å². The van der Waals surface area contributed by atoms with Crippen LogP contribution in [0.2, 0.25) is 0 Å². The van der Waals surface area contributed by atoms with Crippen molar-refractivity contribution in [1.29, 1.82) is 0 Å². The van der Waals surface area contributed by atoms with Crippen LogP contribution >= 0.6 is 0 Å². The Kier molecular flexibility index (Phi) is 12.6. The Morgan fingerprint density at radius 2 is 1.51 bits per heavy atom. The fraction of sp³-hybridized carbons (Fsp3) is 0.407. The Hall–Kier alpha value is -3.68. The lowest BCUT2D eigenvalue weighted by Crippen LogP contribution is -2.29. The van der Waals surface area contributed by atoms with Crippen LogP contribution in [0.25, 0.3) is 11.2 Å². The van der Waals surface area contributed by atoms with Crippen molar-refractivity contribution >= 4 is 17.1 Å². The Morgan fingerprint density at radius 3 is 2.11 bits per heavy atom. The molecule has 0 aliphatic heterocycles. The first-order valence-electron chi connectivity index (χ1n) is 12.1. The van der Waals surface area contributed by atoms with E-state index in [4.69, 9.17) is 4.74 Å². The smallest absolute Gasteiger partial charge is 0.329 e. The van der Waals surface area contributed by atoms with Crippen molar-refractivity contribution in [2.75, 3.05) is 0 Å². The highest BCUT2D eigenvalue weighted by Gasteiger charge is 2.12. The fourth-order valence-corrected chi connectivity index (χ4v) is 3.23. The highest BCUT2D eigenvalue weighted by Crippen LogP contribution is 2.06. The highest BCUT2D eigenvalue weighted by atomic mass is 16.5. The van der Waals surface area contributed by atoms with Crippen LogP contribution in [0.15, 0.2) is 76.7 Å². The number of fused-ring (bicyclic) bond motifs is 1. The monoisotopic (exact) mass is 480 g/mol. The highest BCUT2D eigenvalue weighted by molar-refractivity contribution is 5.71. The number of carbonyl (C=O) groups excluding carboxylic acids is 1. The summed E-state index contributed by atoms with van der Waals surface area (Å²) in [6, 6.07) is 0. The van der Waals surface area contributed by atoms with Crippen molar-refractivity contribution < 1.29 is 9.53 Å². The van der Waals surface area contributed by atoms with Crippen molar-refractivity contribution in [3.05, 3.63) is 87.9 Å². The predicted molar refractivity (Wildman–Crippen MR) is 140 cm³/mol. The summed E-state index contributed by atoms with van der Waals surface area (Å²) in [4.78, 5) is 41.9. The van der Waals surface area contributed by atoms with E-state index in [9.17, 15) is 14.4 Å². The molecular formula is C27H36N4O4. The van der Waals surface area contributed by atoms with E-state index in [1.165, 1.54) is 22.5 Å². The Morgan fingerprint density at radius 1 is 0.943 bits per heavy atom. The zero-order chi connectivity index (χ0) is 25.3. The van der Waals surface area contributed by atoms with Crippen LogP contribution in [0.3, 0.4) is 0 Å². The van der Waals surface area contributed by atoms with E-state index in [0.29, 0.717) is 6.42 Å². The quantitative estimate of drug-likeness (QED) is 0.223. The first kappa shape index (κ1) is 27.6. The van der Waals surface area contributed by atoms with Gasteiger partial charge in [0, 0.05) is 13.5 Å². The average molecular weight is 481 g/mol. The van der Waals surface area contributed by atoms with E-state index in [1.54, 1.807) is 0 Å². The van der Waals surface area contributed by atoms with E-state index in [-0.39, 0.29) is 30.3 Å². The van der Waals surface area contributed by atoms with Crippen molar-refractivity contribution in [1.82, 2.24) is 19.1 Å². The maximum Gasteiger partial charge on any atom is 0.329 e. The number of rotatable bonds is 15. The third kappa shape index (κ3) is 10.00. The van der Waals surface area contributed by atoms with Crippen LogP contribution in [-0.4, -0.2) is 25.1 Å². The average Bonchev–Trinajstić information content (AvgIpc) is 3.28. The van der Waals surface area contributed by atoms with E-state index in [0.717, 1.165) is 38.5 Å². The molecule has 0 bridgehead atoms. The Bertz CT molecular complexity index is 1190. The number of aromatic nitrogens is 4. The molecule has 35 heavy (non-hydrogen) atoms. The van der Waals surface area contributed by atoms with Crippen LogP contribution in [0.5, 0.6) is 0 Å². The number of allylic oxidation sites excluding steroid dienone is 10. The van der Waals surface area contributed by atoms with Crippen LogP contribution in [0, 0.1) is 0 Å². The Balaban J connectivity index is 1.56. The molecule has 2 rings (SSSR count). The van der Waals surface area contributed by atoms with Gasteiger partial charge in [-0.2, -0.15) is 0 Å². The molecule has 0 saturated heterocycles. The number of aromatic amines is 1. The largest absolute Gasteiger partial charge is 0.444 e. The second-order valence-corrected chi connectivity index (χ2v) is 7.95. The third-order valence-electron chi connectivity index (χ3n) is 5.15. The molecule has 0 radical (unpaired) electrons. The number of nitrogens with zero attached hydrogens (tertiary/aromatic N) is 3. The van der Waals surface area contributed by atoms with Gasteiger partial charge < -0.3 is 4.74 Å². The number of hydrogen-bond acceptors (Lipinski definition) is 5. The fourth-order valence-electron chi connectivity index (χ4n) is 3.23. The van der Waals surface area contributed by atoms with Gasteiger partial charge in [-0.15, -0.1) is 0 Å². The van der Waals surface area contributed by atoms with Gasteiger partial charge in [0.15, 0.2) is 17.9 Å². The molecule has 2 aromatic rings. The van der Waals surface area contributed by atoms with Gasteiger partial charge in [0.2, 0.25) is 0 Å². The molecule has 0 fully saturated rings. The van der Waals surface area contributed by atoms with Gasteiger partial charge in [-0.25, -0.2) is 9.78 Å². The predicted octanol–water partition coefficient (Wildman–Crippen LogP) is 4.85. The van der Waals surface area contributed by atoms with Gasteiger partial charge in [-0.1, -0.05) is 67.7 Å². The van der Waals surface area contributed by atoms with E-state index in [1.807, 2.05) is 0 Å². The molecule has 8 nitrogen and oxygen atoms in total. The molecule has 1 N–H and O–H groups in total. The summed E-state index contributed by atoms with van der Waals surface area (Å²) in [6.45, 7) is 2.01. The van der Waals surface area contributed by atoms with Gasteiger partial charge in [0.25, 0.3) is 5.56 Å². The van der Waals surface area contributed by atoms with Crippen molar-refractivity contribution in [2.45, 2.75) is 65.0 Å². The first-order valence-corrected chi connectivity index (χ1v) is 12.1. The standard InChI is InChI=1S/C27H36N4O4/c1-3-4-5-6-7-8-9-10-11-12-13-14-15-16-17-18-19-20-23(32)35-22-31-21-28-25-24(31)26(33)29-27(34)30(25)2/h4-5,7-8,10-11,13-14,16-17,21H,3,6,9,12,15,18-20,22H2,1-2H3,(H,29,33,34). The van der Waals surface area contributed by atoms with Crippen molar-refractivity contribution in [2.24, 2.45) is 7.05 Å². The number of ether oxygens (including phenoxy) is 1. The van der Waals surface area contributed by atoms with E-state index in [2.05, 4.69) is 77.7 Å². The van der Waals surface area contributed by atoms with E-state index < -0.39 is 11.2 Å². The van der Waals surface area contributed by atoms with Crippen LogP contribution in [0.4, 0.5) is 0 Å². The zero-order valence-corrected chi connectivity index (χ0v) is 20.7. The minimum absolute atomic E-state index is 0.127. The van der Waals surface area contributed by atoms with Gasteiger partial charge in [0.1, 0.15) is 6.33 Å². The topological polar surface area (TPSA) is 99.0 Å². The number of carbonyl (C=O) groups is 1. The van der Waals surface area contributed by atoms with Crippen LogP contribution < -0.4 is 11.2 Å². The van der Waals surface area contributed by atoms with Gasteiger partial charge in [0.05, 0.1) is 0 Å². The maximum atomic E-state index is 12.0. The summed E-state index contributed by atoms with van der Waals surface area (Å²) < 4.78 is 7.89. The number of aryl methyl sites for hydroxylation is 1. The van der Waals surface area contributed by atoms with Crippen LogP contribution in [0.1, 0.15) is 58.3 Å². The van der Waals surface area contributed by atoms with Gasteiger partial charge >= 0.3 is 11.7 Å². The molecular weight excluding hydrogens is 444 g/mol. The number of unbranched alkanes of at least 4 members (excludes halogenated alkanes) is 1. The lowest BCUT2D eigenvalue weighted by molar-refractivity contribution is -0.147. The minimum atomic E-state index is -0.560. The molecule has 0 saturated carbocycles. The first-order chi connectivity index (χ1) is 17.0. The molecule has 188 valence electrons. The molecule has 0 unspecified atom stereocenters. The van der Waals surface area contributed by atoms with Crippen molar-refractivity contribution in [3.8, 4) is 0 Å². The molecule has 8 heteroatoms. The van der Waals surface area contributed by atoms with Gasteiger partial charge in [-0.3, -0.25) is 23.7 Å². The lowest BCUT2D eigenvalue weighted by Gasteiger charge is -2.06. The second-order valence-electron chi connectivity index (χ2n) is 7.95. The molecule has 2 aromatic heterocycles. The number of H-pyrrole nitrogens is 1. The molecule has 0 spiro atoms. The normalized spacial score (nSPS) is 12.5. The second kappa shape index (κ2) is 16.0. The third-order valence-corrected chi connectivity index (χ3v) is 5.15. The summed E-state index contributed by atoms with van der Waals surface area (Å²) in [5, 5.41) is 0. The number of hydrogen-bond donors (Lipinski definition) is 1. The summed E-state index contributed by atoms with van der Waals surface area (Å²) in [6.07, 6.45) is 29.5. The van der Waals surface area contributed by atoms with Crippen LogP contribution in [-0.2, 0) is 23.3 Å². The summed E-state index contributed by atoms with van der Waals surface area (Å²) in [7, 11) is 1.51. The molecule has 0 atom stereocenters. The SMILES string of the molecule is CCC=CCC=CCC=CCC=CCC=CCCCC(=O)OCn1cnc2c1c(=O)[nH]c(=O)n2C. The Labute approximate surface area is 206 Å². The summed E-state index contributed by atoms with van der Waals surface area (Å²) in [5.74, 6) is -0.347. The molecule has 0 aromatic carbocycles. The summed E-state index contributed by atoms with van der Waals surface area (Å²) in [5.41, 5.74) is -0.665.